The van der Waals surface area contributed by atoms with Gasteiger partial charge in [0, 0.05) is 6.20 Å². The second-order valence-corrected chi connectivity index (χ2v) is 4.43. The molecule has 0 unspecified atom stereocenters. The number of nitrogens with one attached hydrogen (secondary N) is 1. The highest BCUT2D eigenvalue weighted by atomic mass is 35.5. The van der Waals surface area contributed by atoms with Crippen LogP contribution in [0.2, 0.25) is 10.0 Å². The Kier molecular flexibility index (Phi) is 3.54. The summed E-state index contributed by atoms with van der Waals surface area (Å²) in [7, 11) is 0. The van der Waals surface area contributed by atoms with Crippen LogP contribution in [0, 0.1) is 13.8 Å². The number of pyridine rings is 1. The molecule has 2 aromatic rings. The van der Waals surface area contributed by atoms with Crippen molar-refractivity contribution in [1.82, 2.24) is 9.97 Å². The third-order valence-electron chi connectivity index (χ3n) is 2.29. The lowest BCUT2D eigenvalue weighted by molar-refractivity contribution is 0.478. The van der Waals surface area contributed by atoms with Gasteiger partial charge in [0.25, 0.3) is 0 Å². The van der Waals surface area contributed by atoms with Crippen molar-refractivity contribution in [2.75, 3.05) is 5.32 Å². The molecule has 0 aliphatic carbocycles. The minimum Gasteiger partial charge on any atom is -0.444 e. The monoisotopic (exact) mass is 271 g/mol. The fraction of sp³-hybridized carbons (Fsp3) is 0.273. The van der Waals surface area contributed by atoms with E-state index in [9.17, 15) is 0 Å². The largest absolute Gasteiger partial charge is 0.444 e. The van der Waals surface area contributed by atoms with Crippen LogP contribution in [0.3, 0.4) is 0 Å². The number of oxazole rings is 1. The highest BCUT2D eigenvalue weighted by Crippen LogP contribution is 2.23. The number of aryl methyl sites for hydroxylation is 2. The Hall–Kier alpha value is -1.26. The topological polar surface area (TPSA) is 51.0 Å². The van der Waals surface area contributed by atoms with Gasteiger partial charge >= 0.3 is 0 Å². The average molecular weight is 272 g/mol. The molecular formula is C11H11Cl2N3O. The normalized spacial score (nSPS) is 10.6. The predicted octanol–water partition coefficient (Wildman–Crippen LogP) is 3.61. The lowest BCUT2D eigenvalue weighted by atomic mass is 10.4. The third kappa shape index (κ3) is 2.90. The van der Waals surface area contributed by atoms with Crippen molar-refractivity contribution >= 4 is 29.0 Å². The van der Waals surface area contributed by atoms with Crippen LogP contribution in [0.1, 0.15) is 17.3 Å². The summed E-state index contributed by atoms with van der Waals surface area (Å²) in [5.74, 6) is 1.98. The van der Waals surface area contributed by atoms with Crippen molar-refractivity contribution in [2.24, 2.45) is 0 Å². The first-order valence-corrected chi connectivity index (χ1v) is 5.79. The molecule has 1 N–H and O–H groups in total. The number of halogens is 2. The Morgan fingerprint density at radius 1 is 1.35 bits per heavy atom. The van der Waals surface area contributed by atoms with Gasteiger partial charge in [-0.25, -0.2) is 9.97 Å². The molecule has 0 spiro atoms. The third-order valence-corrected chi connectivity index (χ3v) is 2.78. The van der Waals surface area contributed by atoms with Gasteiger partial charge in [-0.2, -0.15) is 0 Å². The molecule has 0 aromatic carbocycles. The summed E-state index contributed by atoms with van der Waals surface area (Å²) < 4.78 is 5.43. The van der Waals surface area contributed by atoms with Crippen molar-refractivity contribution in [3.05, 3.63) is 39.7 Å². The van der Waals surface area contributed by atoms with Gasteiger partial charge in [-0.15, -0.1) is 0 Å². The van der Waals surface area contributed by atoms with E-state index in [4.69, 9.17) is 27.6 Å². The van der Waals surface area contributed by atoms with Crippen molar-refractivity contribution in [3.63, 3.8) is 0 Å². The Labute approximate surface area is 109 Å². The first-order chi connectivity index (χ1) is 8.06. The molecule has 0 atom stereocenters. The molecule has 6 heteroatoms. The summed E-state index contributed by atoms with van der Waals surface area (Å²) in [5, 5.41) is 4.01. The van der Waals surface area contributed by atoms with E-state index in [0.29, 0.717) is 28.3 Å². The predicted molar refractivity (Wildman–Crippen MR) is 67.6 cm³/mol. The van der Waals surface area contributed by atoms with Crippen LogP contribution in [-0.4, -0.2) is 9.97 Å². The Balaban J connectivity index is 2.07. The van der Waals surface area contributed by atoms with Gasteiger partial charge in [0.1, 0.15) is 11.6 Å². The van der Waals surface area contributed by atoms with E-state index in [2.05, 4.69) is 15.3 Å². The van der Waals surface area contributed by atoms with Gasteiger partial charge in [-0.3, -0.25) is 0 Å². The molecule has 2 aromatic heterocycles. The summed E-state index contributed by atoms with van der Waals surface area (Å²) in [6.07, 6.45) is 1.53. The second kappa shape index (κ2) is 4.94. The van der Waals surface area contributed by atoms with E-state index >= 15 is 0 Å². The Bertz CT molecular complexity index is 520. The first-order valence-electron chi connectivity index (χ1n) is 5.04. The quantitative estimate of drug-likeness (QED) is 0.927. The van der Waals surface area contributed by atoms with Gasteiger partial charge in [0.05, 0.1) is 22.3 Å². The highest BCUT2D eigenvalue weighted by Gasteiger charge is 2.07. The van der Waals surface area contributed by atoms with Gasteiger partial charge in [-0.1, -0.05) is 23.2 Å². The number of anilines is 1. The molecule has 0 saturated carbocycles. The number of rotatable bonds is 3. The van der Waals surface area contributed by atoms with E-state index in [0.717, 1.165) is 11.5 Å². The molecule has 90 valence electrons. The summed E-state index contributed by atoms with van der Waals surface area (Å²) >= 11 is 11.7. The summed E-state index contributed by atoms with van der Waals surface area (Å²) in [4.78, 5) is 8.32. The minimum absolute atomic E-state index is 0.434. The van der Waals surface area contributed by atoms with Crippen LogP contribution >= 0.6 is 23.2 Å². The molecule has 0 aliphatic rings. The number of hydrogen-bond donors (Lipinski definition) is 1. The van der Waals surface area contributed by atoms with E-state index < -0.39 is 0 Å². The molecule has 0 bridgehead atoms. The van der Waals surface area contributed by atoms with Crippen molar-refractivity contribution in [1.29, 1.82) is 0 Å². The molecule has 0 radical (unpaired) electrons. The Morgan fingerprint density at radius 2 is 2.12 bits per heavy atom. The maximum atomic E-state index is 5.97. The lowest BCUT2D eigenvalue weighted by Gasteiger charge is -2.04. The highest BCUT2D eigenvalue weighted by molar-refractivity contribution is 6.35. The average Bonchev–Trinajstić information content (AvgIpc) is 2.57. The van der Waals surface area contributed by atoms with Crippen LogP contribution < -0.4 is 5.32 Å². The SMILES string of the molecule is Cc1nc(CNc2ncc(Cl)cc2Cl)oc1C. The van der Waals surface area contributed by atoms with Crippen LogP contribution in [0.5, 0.6) is 0 Å². The zero-order valence-corrected chi connectivity index (χ0v) is 10.9. The molecular weight excluding hydrogens is 261 g/mol. The molecule has 0 fully saturated rings. The summed E-state index contributed by atoms with van der Waals surface area (Å²) in [6.45, 7) is 4.21. The minimum atomic E-state index is 0.434. The van der Waals surface area contributed by atoms with Gasteiger partial charge in [0.2, 0.25) is 5.89 Å². The number of aromatic nitrogens is 2. The molecule has 0 saturated heterocycles. The smallest absolute Gasteiger partial charge is 0.213 e. The maximum Gasteiger partial charge on any atom is 0.213 e. The molecule has 0 aliphatic heterocycles. The zero-order valence-electron chi connectivity index (χ0n) is 9.42. The molecule has 4 nitrogen and oxygen atoms in total. The lowest BCUT2D eigenvalue weighted by Crippen LogP contribution is -2.02. The van der Waals surface area contributed by atoms with E-state index in [1.165, 1.54) is 6.20 Å². The van der Waals surface area contributed by atoms with Crippen LogP contribution in [0.4, 0.5) is 5.82 Å². The van der Waals surface area contributed by atoms with Crippen LogP contribution in [-0.2, 0) is 6.54 Å². The van der Waals surface area contributed by atoms with Crippen molar-refractivity contribution < 1.29 is 4.42 Å². The van der Waals surface area contributed by atoms with Crippen molar-refractivity contribution in [3.8, 4) is 0 Å². The van der Waals surface area contributed by atoms with Crippen LogP contribution in [0.25, 0.3) is 0 Å². The standard InChI is InChI=1S/C11H11Cl2N3O/c1-6-7(2)17-10(16-6)5-15-11-9(13)3-8(12)4-14-11/h3-4H,5H2,1-2H3,(H,14,15). The summed E-state index contributed by atoms with van der Waals surface area (Å²) in [5.41, 5.74) is 0.886. The molecule has 2 heterocycles. The molecule has 17 heavy (non-hydrogen) atoms. The van der Waals surface area contributed by atoms with Crippen LogP contribution in [0.15, 0.2) is 16.7 Å². The second-order valence-electron chi connectivity index (χ2n) is 3.59. The Morgan fingerprint density at radius 3 is 2.71 bits per heavy atom. The number of hydrogen-bond acceptors (Lipinski definition) is 4. The molecule has 2 rings (SSSR count). The fourth-order valence-electron chi connectivity index (χ4n) is 1.32. The van der Waals surface area contributed by atoms with Crippen molar-refractivity contribution in [2.45, 2.75) is 20.4 Å². The summed E-state index contributed by atoms with van der Waals surface area (Å²) in [6, 6.07) is 1.63. The van der Waals surface area contributed by atoms with E-state index in [1.54, 1.807) is 6.07 Å². The van der Waals surface area contributed by atoms with E-state index in [1.807, 2.05) is 13.8 Å². The van der Waals surface area contributed by atoms with E-state index in [-0.39, 0.29) is 0 Å². The van der Waals surface area contributed by atoms with Gasteiger partial charge in [0.15, 0.2) is 0 Å². The van der Waals surface area contributed by atoms with Gasteiger partial charge in [-0.05, 0) is 19.9 Å². The van der Waals surface area contributed by atoms with Gasteiger partial charge < -0.3 is 9.73 Å². The maximum absolute atomic E-state index is 5.97. The zero-order chi connectivity index (χ0) is 12.4. The number of nitrogens with zero attached hydrogens (tertiary/aromatic N) is 2. The fourth-order valence-corrected chi connectivity index (χ4v) is 1.77. The first kappa shape index (κ1) is 12.2. The molecule has 0 amide bonds.